The van der Waals surface area contributed by atoms with Crippen molar-refractivity contribution in [3.05, 3.63) is 34.3 Å². The molecule has 3 heterocycles. The van der Waals surface area contributed by atoms with Crippen molar-refractivity contribution < 1.29 is 9.53 Å². The number of nitrogens with zero attached hydrogens (tertiary/aromatic N) is 4. The van der Waals surface area contributed by atoms with Crippen LogP contribution in [-0.2, 0) is 4.74 Å². The van der Waals surface area contributed by atoms with Crippen LogP contribution < -0.4 is 5.32 Å². The molecule has 1 amide bonds. The number of hydrogen-bond acceptors (Lipinski definition) is 6. The van der Waals surface area contributed by atoms with Gasteiger partial charge in [0.05, 0.1) is 30.2 Å². The number of ether oxygens (including phenoxy) is 1. The number of thiazole rings is 1. The Morgan fingerprint density at radius 3 is 2.96 bits per heavy atom. The number of amides is 1. The molecule has 0 unspecified atom stereocenters. The first-order valence-electron chi connectivity index (χ1n) is 9.26. The van der Waals surface area contributed by atoms with Gasteiger partial charge in [-0.25, -0.2) is 4.98 Å². The van der Waals surface area contributed by atoms with E-state index in [1.165, 1.54) is 11.3 Å². The summed E-state index contributed by atoms with van der Waals surface area (Å²) in [4.78, 5) is 17.0. The lowest BCUT2D eigenvalue weighted by Crippen LogP contribution is -2.24. The molecule has 0 aliphatic heterocycles. The molecule has 0 spiro atoms. The van der Waals surface area contributed by atoms with Gasteiger partial charge in [-0.1, -0.05) is 0 Å². The lowest BCUT2D eigenvalue weighted by atomic mass is 9.93. The van der Waals surface area contributed by atoms with Gasteiger partial charge in [-0.15, -0.1) is 11.3 Å². The van der Waals surface area contributed by atoms with Gasteiger partial charge in [0.15, 0.2) is 4.60 Å². The Labute approximate surface area is 174 Å². The maximum absolute atomic E-state index is 12.6. The maximum Gasteiger partial charge on any atom is 0.275 e. The monoisotopic (exact) mass is 464 g/mol. The zero-order chi connectivity index (χ0) is 19.5. The summed E-state index contributed by atoms with van der Waals surface area (Å²) in [6.45, 7) is 2.80. The van der Waals surface area contributed by atoms with Gasteiger partial charge in [-0.2, -0.15) is 10.2 Å². The Kier molecular flexibility index (Phi) is 5.88. The third-order valence-electron chi connectivity index (χ3n) is 4.84. The predicted octanol–water partition coefficient (Wildman–Crippen LogP) is 4.26. The second-order valence-corrected chi connectivity index (χ2v) is 8.29. The number of carbonyl (C=O) groups is 1. The van der Waals surface area contributed by atoms with Crippen LogP contribution in [0.3, 0.4) is 0 Å². The fraction of sp³-hybridized carbons (Fsp3) is 0.444. The van der Waals surface area contributed by atoms with Crippen LogP contribution in [0.2, 0.25) is 0 Å². The highest BCUT2D eigenvalue weighted by atomic mass is 79.9. The molecule has 2 N–H and O–H groups in total. The molecule has 148 valence electrons. The summed E-state index contributed by atoms with van der Waals surface area (Å²) in [5, 5.41) is 16.6. The molecule has 8 nitrogen and oxygen atoms in total. The molecule has 0 saturated heterocycles. The normalized spacial score (nSPS) is 19.6. The minimum absolute atomic E-state index is 0.258. The molecule has 4 rings (SSSR count). The van der Waals surface area contributed by atoms with E-state index in [-0.39, 0.29) is 5.91 Å². The molecule has 0 radical (unpaired) electrons. The molecule has 1 aliphatic carbocycles. The van der Waals surface area contributed by atoms with Crippen LogP contribution in [0.4, 0.5) is 5.69 Å². The first-order chi connectivity index (χ1) is 13.6. The number of aromatic amines is 1. The summed E-state index contributed by atoms with van der Waals surface area (Å²) >= 11 is 4.86. The number of aromatic nitrogens is 5. The largest absolute Gasteiger partial charge is 0.379 e. The average molecular weight is 465 g/mol. The second kappa shape index (κ2) is 8.54. The number of carbonyl (C=O) groups excluding carboxylic acids is 1. The molecule has 3 aromatic rings. The van der Waals surface area contributed by atoms with Gasteiger partial charge in [0, 0.05) is 23.7 Å². The highest BCUT2D eigenvalue weighted by Gasteiger charge is 2.24. The van der Waals surface area contributed by atoms with E-state index in [0.29, 0.717) is 28.1 Å². The van der Waals surface area contributed by atoms with Crippen molar-refractivity contribution in [3.8, 4) is 10.6 Å². The summed E-state index contributed by atoms with van der Waals surface area (Å²) in [5.74, 6) is -0.258. The number of nitrogens with one attached hydrogen (secondary N) is 2. The zero-order valence-corrected chi connectivity index (χ0v) is 17.8. The summed E-state index contributed by atoms with van der Waals surface area (Å²) in [7, 11) is 0. The Balaban J connectivity index is 1.41. The van der Waals surface area contributed by atoms with Gasteiger partial charge in [0.2, 0.25) is 0 Å². The number of halogens is 1. The number of anilines is 1. The van der Waals surface area contributed by atoms with E-state index in [1.54, 1.807) is 17.8 Å². The fourth-order valence-corrected chi connectivity index (χ4v) is 4.58. The Morgan fingerprint density at radius 1 is 1.43 bits per heavy atom. The van der Waals surface area contributed by atoms with Gasteiger partial charge in [-0.3, -0.25) is 14.6 Å². The van der Waals surface area contributed by atoms with Crippen molar-refractivity contribution in [1.82, 2.24) is 25.0 Å². The van der Waals surface area contributed by atoms with Crippen LogP contribution >= 0.6 is 27.3 Å². The molecule has 3 aromatic heterocycles. The zero-order valence-electron chi connectivity index (χ0n) is 15.4. The smallest absolute Gasteiger partial charge is 0.275 e. The quantitative estimate of drug-likeness (QED) is 0.567. The number of rotatable bonds is 6. The standard InChI is InChI=1S/C18H21BrN6O2S/c1-2-27-13-5-3-12(4-6-13)25-9-14(16(19)24-25)22-17(26)15-10-28-18(23-15)11-7-20-21-8-11/h7-10,12-13H,2-6H2,1H3,(H,20,21)(H,22,26). The third kappa shape index (κ3) is 4.18. The highest BCUT2D eigenvalue weighted by molar-refractivity contribution is 9.10. The Hall–Kier alpha value is -2.04. The molecular weight excluding hydrogens is 444 g/mol. The molecule has 0 bridgehead atoms. The summed E-state index contributed by atoms with van der Waals surface area (Å²) in [6, 6.07) is 0.325. The third-order valence-corrected chi connectivity index (χ3v) is 6.31. The predicted molar refractivity (Wildman–Crippen MR) is 110 cm³/mol. The molecule has 0 aromatic carbocycles. The lowest BCUT2D eigenvalue weighted by Gasteiger charge is -2.28. The van der Waals surface area contributed by atoms with Crippen LogP contribution in [-0.4, -0.2) is 43.6 Å². The minimum Gasteiger partial charge on any atom is -0.379 e. The SMILES string of the molecule is CCOC1CCC(n2cc(NC(=O)c3csc(-c4cn[nH]c4)n3)c(Br)n2)CC1. The Bertz CT molecular complexity index is 930. The molecule has 10 heteroatoms. The first kappa shape index (κ1) is 19.3. The van der Waals surface area contributed by atoms with Crippen LogP contribution in [0.25, 0.3) is 10.6 Å². The topological polar surface area (TPSA) is 97.7 Å². The van der Waals surface area contributed by atoms with Crippen molar-refractivity contribution in [2.75, 3.05) is 11.9 Å². The van der Waals surface area contributed by atoms with E-state index < -0.39 is 0 Å². The number of hydrogen-bond donors (Lipinski definition) is 2. The summed E-state index contributed by atoms with van der Waals surface area (Å²) in [6.07, 6.45) is 9.78. The summed E-state index contributed by atoms with van der Waals surface area (Å²) in [5.41, 5.74) is 1.88. The van der Waals surface area contributed by atoms with E-state index >= 15 is 0 Å². The first-order valence-corrected chi connectivity index (χ1v) is 10.9. The van der Waals surface area contributed by atoms with Crippen LogP contribution in [0, 0.1) is 0 Å². The summed E-state index contributed by atoms with van der Waals surface area (Å²) < 4.78 is 8.29. The highest BCUT2D eigenvalue weighted by Crippen LogP contribution is 2.32. The van der Waals surface area contributed by atoms with E-state index in [1.807, 2.05) is 17.8 Å². The van der Waals surface area contributed by atoms with Crippen LogP contribution in [0.5, 0.6) is 0 Å². The van der Waals surface area contributed by atoms with E-state index in [4.69, 9.17) is 4.74 Å². The van der Waals surface area contributed by atoms with Gasteiger partial charge in [0.25, 0.3) is 5.91 Å². The number of H-pyrrole nitrogens is 1. The molecule has 1 saturated carbocycles. The maximum atomic E-state index is 12.6. The van der Waals surface area contributed by atoms with Gasteiger partial charge < -0.3 is 10.1 Å². The van der Waals surface area contributed by atoms with Crippen molar-refractivity contribution in [1.29, 1.82) is 0 Å². The average Bonchev–Trinajstić information content (AvgIpc) is 3.44. The Morgan fingerprint density at radius 2 is 2.25 bits per heavy atom. The van der Waals surface area contributed by atoms with Crippen molar-refractivity contribution >= 4 is 38.9 Å². The molecule has 1 fully saturated rings. The van der Waals surface area contributed by atoms with Crippen molar-refractivity contribution in [2.24, 2.45) is 0 Å². The van der Waals surface area contributed by atoms with Gasteiger partial charge >= 0.3 is 0 Å². The fourth-order valence-electron chi connectivity index (χ4n) is 3.42. The van der Waals surface area contributed by atoms with Crippen LogP contribution in [0.15, 0.2) is 28.6 Å². The molecule has 1 aliphatic rings. The van der Waals surface area contributed by atoms with Crippen LogP contribution in [0.1, 0.15) is 49.1 Å². The molecule has 0 atom stereocenters. The van der Waals surface area contributed by atoms with E-state index in [9.17, 15) is 4.79 Å². The van der Waals surface area contributed by atoms with Crippen molar-refractivity contribution in [2.45, 2.75) is 44.8 Å². The van der Waals surface area contributed by atoms with Gasteiger partial charge in [-0.05, 0) is 48.5 Å². The molecular formula is C18H21BrN6O2S. The lowest BCUT2D eigenvalue weighted by molar-refractivity contribution is 0.0259. The van der Waals surface area contributed by atoms with E-state index in [0.717, 1.165) is 42.9 Å². The molecule has 28 heavy (non-hydrogen) atoms. The van der Waals surface area contributed by atoms with E-state index in [2.05, 4.69) is 41.5 Å². The van der Waals surface area contributed by atoms with Gasteiger partial charge in [0.1, 0.15) is 10.7 Å². The van der Waals surface area contributed by atoms with Crippen molar-refractivity contribution in [3.63, 3.8) is 0 Å². The minimum atomic E-state index is -0.258. The second-order valence-electron chi connectivity index (χ2n) is 6.68.